The molecule has 86 valence electrons. The smallest absolute Gasteiger partial charge is 0.0576 e. The van der Waals surface area contributed by atoms with Crippen molar-refractivity contribution in [3.05, 3.63) is 0 Å². The molecule has 1 saturated carbocycles. The highest BCUT2D eigenvalue weighted by Crippen LogP contribution is 2.27. The van der Waals surface area contributed by atoms with Crippen molar-refractivity contribution in [2.75, 3.05) is 13.1 Å². The first kappa shape index (κ1) is 12.5. The molecule has 2 heteroatoms. The van der Waals surface area contributed by atoms with Gasteiger partial charge >= 0.3 is 0 Å². The lowest BCUT2D eigenvalue weighted by Gasteiger charge is -2.13. The summed E-state index contributed by atoms with van der Waals surface area (Å²) in [5.41, 5.74) is 5.97. The summed E-state index contributed by atoms with van der Waals surface area (Å²) >= 11 is 0. The van der Waals surface area contributed by atoms with Gasteiger partial charge in [0.25, 0.3) is 0 Å². The van der Waals surface area contributed by atoms with Crippen LogP contribution >= 0.6 is 0 Å². The maximum atomic E-state index is 5.97. The summed E-state index contributed by atoms with van der Waals surface area (Å²) in [6.45, 7) is 6.25. The van der Waals surface area contributed by atoms with Crippen molar-refractivity contribution in [3.8, 4) is 11.8 Å². The molecule has 1 atom stereocenters. The first-order valence-corrected chi connectivity index (χ1v) is 6.13. The topological polar surface area (TPSA) is 38.0 Å². The van der Waals surface area contributed by atoms with E-state index in [0.717, 1.165) is 31.8 Å². The normalized spacial score (nSPS) is 17.3. The maximum Gasteiger partial charge on any atom is 0.0576 e. The van der Waals surface area contributed by atoms with Crippen molar-refractivity contribution in [3.63, 3.8) is 0 Å². The first-order valence-electron chi connectivity index (χ1n) is 6.13. The highest BCUT2D eigenvalue weighted by molar-refractivity contribution is 5.10. The van der Waals surface area contributed by atoms with Gasteiger partial charge in [0.05, 0.1) is 6.54 Å². The zero-order valence-electron chi connectivity index (χ0n) is 10.1. The summed E-state index contributed by atoms with van der Waals surface area (Å²) in [6.07, 6.45) is 4.80. The van der Waals surface area contributed by atoms with Gasteiger partial charge in [-0.3, -0.25) is 0 Å². The van der Waals surface area contributed by atoms with Gasteiger partial charge in [0, 0.05) is 12.0 Å². The molecule has 3 N–H and O–H groups in total. The predicted molar refractivity (Wildman–Crippen MR) is 65.4 cm³/mol. The van der Waals surface area contributed by atoms with Crippen LogP contribution in [0.2, 0.25) is 0 Å². The molecule has 15 heavy (non-hydrogen) atoms. The average molecular weight is 208 g/mol. The van der Waals surface area contributed by atoms with Crippen LogP contribution in [-0.4, -0.2) is 19.1 Å². The van der Waals surface area contributed by atoms with Crippen LogP contribution in [0.5, 0.6) is 0 Å². The van der Waals surface area contributed by atoms with E-state index in [-0.39, 0.29) is 0 Å². The molecule has 2 nitrogen and oxygen atoms in total. The highest BCUT2D eigenvalue weighted by atomic mass is 14.8. The minimum absolute atomic E-state index is 0.342. The highest BCUT2D eigenvalue weighted by Gasteiger charge is 2.17. The summed E-state index contributed by atoms with van der Waals surface area (Å²) in [5, 5.41) is 3.32. The fourth-order valence-corrected chi connectivity index (χ4v) is 1.58. The van der Waals surface area contributed by atoms with Crippen LogP contribution in [-0.2, 0) is 0 Å². The van der Waals surface area contributed by atoms with E-state index < -0.39 is 0 Å². The van der Waals surface area contributed by atoms with E-state index in [9.17, 15) is 0 Å². The van der Waals surface area contributed by atoms with Crippen molar-refractivity contribution in [2.45, 2.75) is 45.6 Å². The van der Waals surface area contributed by atoms with Crippen LogP contribution in [0.15, 0.2) is 0 Å². The molecule has 0 aliphatic heterocycles. The Kier molecular flexibility index (Phi) is 5.75. The summed E-state index contributed by atoms with van der Waals surface area (Å²) in [4.78, 5) is 0. The molecule has 0 bridgehead atoms. The van der Waals surface area contributed by atoms with Crippen LogP contribution < -0.4 is 11.1 Å². The lowest BCUT2D eigenvalue weighted by molar-refractivity contribution is 0.465. The molecule has 1 rings (SSSR count). The largest absolute Gasteiger partial charge is 0.328 e. The minimum Gasteiger partial charge on any atom is -0.328 e. The van der Waals surface area contributed by atoms with E-state index >= 15 is 0 Å². The fourth-order valence-electron chi connectivity index (χ4n) is 1.58. The SMILES string of the molecule is CC(C)C[C@H](N)CCNCC#CC1CC1. The van der Waals surface area contributed by atoms with Gasteiger partial charge in [0.2, 0.25) is 0 Å². The van der Waals surface area contributed by atoms with Gasteiger partial charge in [-0.25, -0.2) is 0 Å². The lowest BCUT2D eigenvalue weighted by Crippen LogP contribution is -2.28. The third kappa shape index (κ3) is 7.41. The number of nitrogens with two attached hydrogens (primary N) is 1. The van der Waals surface area contributed by atoms with Gasteiger partial charge < -0.3 is 11.1 Å². The molecule has 0 spiro atoms. The molecule has 0 saturated heterocycles. The fraction of sp³-hybridized carbons (Fsp3) is 0.846. The van der Waals surface area contributed by atoms with Gasteiger partial charge in [-0.05, 0) is 38.1 Å². The van der Waals surface area contributed by atoms with Crippen molar-refractivity contribution in [1.82, 2.24) is 5.32 Å². The van der Waals surface area contributed by atoms with Crippen molar-refractivity contribution in [2.24, 2.45) is 17.6 Å². The van der Waals surface area contributed by atoms with E-state index in [1.165, 1.54) is 12.8 Å². The Balaban J connectivity index is 1.89. The summed E-state index contributed by atoms with van der Waals surface area (Å²) in [6, 6.07) is 0.342. The molecule has 1 aliphatic carbocycles. The third-order valence-electron chi connectivity index (χ3n) is 2.56. The summed E-state index contributed by atoms with van der Waals surface area (Å²) in [7, 11) is 0. The first-order chi connectivity index (χ1) is 7.18. The lowest BCUT2D eigenvalue weighted by atomic mass is 10.0. The molecular weight excluding hydrogens is 184 g/mol. The Morgan fingerprint density at radius 2 is 2.13 bits per heavy atom. The molecule has 0 unspecified atom stereocenters. The average Bonchev–Trinajstić information content (AvgIpc) is 2.93. The Morgan fingerprint density at radius 3 is 2.73 bits per heavy atom. The van der Waals surface area contributed by atoms with Crippen LogP contribution in [0, 0.1) is 23.7 Å². The molecule has 0 aromatic rings. The quantitative estimate of drug-likeness (QED) is 0.515. The van der Waals surface area contributed by atoms with Crippen molar-refractivity contribution in [1.29, 1.82) is 0 Å². The zero-order chi connectivity index (χ0) is 11.1. The van der Waals surface area contributed by atoms with Crippen LogP contribution in [0.3, 0.4) is 0 Å². The van der Waals surface area contributed by atoms with Gasteiger partial charge in [-0.2, -0.15) is 0 Å². The second kappa shape index (κ2) is 6.87. The Morgan fingerprint density at radius 1 is 1.40 bits per heavy atom. The van der Waals surface area contributed by atoms with E-state index in [4.69, 9.17) is 5.73 Å². The zero-order valence-corrected chi connectivity index (χ0v) is 10.1. The van der Waals surface area contributed by atoms with Crippen LogP contribution in [0.25, 0.3) is 0 Å². The second-order valence-corrected chi connectivity index (χ2v) is 4.95. The van der Waals surface area contributed by atoms with Gasteiger partial charge in [-0.1, -0.05) is 25.7 Å². The molecule has 1 aliphatic rings. The number of hydrogen-bond donors (Lipinski definition) is 2. The van der Waals surface area contributed by atoms with Crippen molar-refractivity contribution >= 4 is 0 Å². The molecule has 0 heterocycles. The van der Waals surface area contributed by atoms with Crippen LogP contribution in [0.4, 0.5) is 0 Å². The Bertz CT molecular complexity index is 220. The molecule has 0 amide bonds. The Labute approximate surface area is 94.0 Å². The minimum atomic E-state index is 0.342. The molecule has 0 aromatic carbocycles. The third-order valence-corrected chi connectivity index (χ3v) is 2.56. The van der Waals surface area contributed by atoms with Gasteiger partial charge in [0.15, 0.2) is 0 Å². The number of hydrogen-bond acceptors (Lipinski definition) is 2. The van der Waals surface area contributed by atoms with E-state index in [1.54, 1.807) is 0 Å². The molecule has 1 fully saturated rings. The Hall–Kier alpha value is -0.520. The van der Waals surface area contributed by atoms with E-state index in [1.807, 2.05) is 0 Å². The van der Waals surface area contributed by atoms with E-state index in [0.29, 0.717) is 12.0 Å². The van der Waals surface area contributed by atoms with Crippen molar-refractivity contribution < 1.29 is 0 Å². The molecule has 0 aromatic heterocycles. The molecular formula is C13H24N2. The predicted octanol–water partition coefficient (Wildman–Crippen LogP) is 1.75. The number of nitrogens with one attached hydrogen (secondary N) is 1. The number of rotatable bonds is 6. The second-order valence-electron chi connectivity index (χ2n) is 4.95. The molecule has 0 radical (unpaired) electrons. The van der Waals surface area contributed by atoms with E-state index in [2.05, 4.69) is 31.0 Å². The summed E-state index contributed by atoms with van der Waals surface area (Å²) < 4.78 is 0. The maximum absolute atomic E-state index is 5.97. The monoisotopic (exact) mass is 208 g/mol. The van der Waals surface area contributed by atoms with Crippen LogP contribution in [0.1, 0.15) is 39.5 Å². The van der Waals surface area contributed by atoms with Gasteiger partial charge in [0.1, 0.15) is 0 Å². The van der Waals surface area contributed by atoms with Gasteiger partial charge in [-0.15, -0.1) is 0 Å². The summed E-state index contributed by atoms with van der Waals surface area (Å²) in [5.74, 6) is 7.81. The standard InChI is InChI=1S/C13H24N2/c1-11(2)10-13(14)7-9-15-8-3-4-12-5-6-12/h11-13,15H,5-10,14H2,1-2H3/t13-/m1/s1.